The molecule has 0 aliphatic carbocycles. The third-order valence-corrected chi connectivity index (χ3v) is 4.64. The van der Waals surface area contributed by atoms with Crippen molar-refractivity contribution in [2.45, 2.75) is 33.6 Å². The van der Waals surface area contributed by atoms with Crippen molar-refractivity contribution in [1.29, 1.82) is 0 Å². The van der Waals surface area contributed by atoms with E-state index in [1.165, 1.54) is 4.68 Å². The molecule has 182 valence electrons. The maximum atomic E-state index is 11.3. The molecule has 5 rings (SSSR count). The minimum atomic E-state index is -0.611. The van der Waals surface area contributed by atoms with Gasteiger partial charge in [0.05, 0.1) is 5.69 Å². The van der Waals surface area contributed by atoms with Crippen LogP contribution in [-0.4, -0.2) is 33.5 Å². The summed E-state index contributed by atoms with van der Waals surface area (Å²) in [7, 11) is -0.611. The lowest BCUT2D eigenvalue weighted by Gasteiger charge is -2.01. The Morgan fingerprint density at radius 2 is 1.29 bits per heavy atom. The first-order valence-electron chi connectivity index (χ1n) is 10.8. The molecule has 0 amide bonds. The quantitative estimate of drug-likeness (QED) is 0.208. The van der Waals surface area contributed by atoms with Gasteiger partial charge in [-0.05, 0) is 67.8 Å². The van der Waals surface area contributed by atoms with Gasteiger partial charge in [0, 0.05) is 13.6 Å². The lowest BCUT2D eigenvalue weighted by Crippen LogP contribution is -2.15. The minimum Gasteiger partial charge on any atom is -0.276 e. The molecule has 0 atom stereocenters. The van der Waals surface area contributed by atoms with E-state index in [-0.39, 0.29) is 13.1 Å². The summed E-state index contributed by atoms with van der Waals surface area (Å²) >= 11 is 5.36. The van der Waals surface area contributed by atoms with Gasteiger partial charge in [-0.25, -0.2) is 9.89 Å². The highest BCUT2D eigenvalue weighted by atomic mass is 35.5. The highest BCUT2D eigenvalue weighted by molar-refractivity contribution is 6.74. The third-order valence-electron chi connectivity index (χ3n) is 4.43. The Labute approximate surface area is 211 Å². The highest BCUT2D eigenvalue weighted by Crippen LogP contribution is 2.17. The first-order valence-corrected chi connectivity index (χ1v) is 15.2. The van der Waals surface area contributed by atoms with E-state index in [2.05, 4.69) is 41.7 Å². The van der Waals surface area contributed by atoms with Gasteiger partial charge in [0.15, 0.2) is 0 Å². The van der Waals surface area contributed by atoms with Crippen LogP contribution in [-0.2, 0) is 0 Å². The van der Waals surface area contributed by atoms with Crippen molar-refractivity contribution >= 4 is 46.5 Å². The Balaban J connectivity index is 0.000000206. The number of rotatable bonds is 2. The van der Waals surface area contributed by atoms with Gasteiger partial charge >= 0.3 is 5.69 Å². The summed E-state index contributed by atoms with van der Waals surface area (Å²) in [5.41, 5.74) is 0.910. The average molecular weight is 507 g/mol. The van der Waals surface area contributed by atoms with Crippen LogP contribution in [0.2, 0.25) is 26.2 Å². The molecule has 0 saturated carbocycles. The Bertz CT molecular complexity index is 1470. The molecule has 5 aromatic rings. The van der Waals surface area contributed by atoms with Gasteiger partial charge in [-0.2, -0.15) is 4.68 Å². The molecule has 0 bridgehead atoms. The smallest absolute Gasteiger partial charge is 0.276 e. The van der Waals surface area contributed by atoms with Crippen LogP contribution in [0.3, 0.4) is 0 Å². The van der Waals surface area contributed by atoms with Crippen molar-refractivity contribution in [3.63, 3.8) is 0 Å². The molecule has 0 saturated heterocycles. The molecule has 8 heteroatoms. The van der Waals surface area contributed by atoms with E-state index in [9.17, 15) is 9.59 Å². The second-order valence-corrected chi connectivity index (χ2v) is 15.6. The van der Waals surface area contributed by atoms with Crippen molar-refractivity contribution in [3.8, 4) is 5.69 Å². The zero-order chi connectivity index (χ0) is 24.7. The summed E-state index contributed by atoms with van der Waals surface area (Å²) < 4.78 is 1.23. The van der Waals surface area contributed by atoms with Crippen molar-refractivity contribution in [3.05, 3.63) is 101 Å². The molecule has 1 N–H and O–H groups in total. The number of aromatic amines is 1. The number of hydrogen-bond acceptors (Lipinski definition) is 4. The summed E-state index contributed by atoms with van der Waals surface area (Å²) in [5, 5.41) is 13.3. The summed E-state index contributed by atoms with van der Waals surface area (Å²) in [5.74, 6) is 0. The highest BCUT2D eigenvalue weighted by Gasteiger charge is 2.03. The lowest BCUT2D eigenvalue weighted by molar-refractivity contribution is 0.108. The Kier molecular flexibility index (Phi) is 9.68. The number of nitrogens with one attached hydrogen (secondary N) is 1. The van der Waals surface area contributed by atoms with Crippen LogP contribution in [0.5, 0.6) is 0 Å². The van der Waals surface area contributed by atoms with Crippen LogP contribution < -0.4 is 5.69 Å². The maximum absolute atomic E-state index is 11.3. The number of H-pyrrole nitrogens is 1. The van der Waals surface area contributed by atoms with Crippen molar-refractivity contribution in [1.82, 2.24) is 20.2 Å². The van der Waals surface area contributed by atoms with Gasteiger partial charge < -0.3 is 0 Å². The fourth-order valence-electron chi connectivity index (χ4n) is 2.99. The normalized spacial score (nSPS) is 10.4. The van der Waals surface area contributed by atoms with E-state index in [1.807, 2.05) is 72.8 Å². The van der Waals surface area contributed by atoms with E-state index in [1.54, 1.807) is 12.1 Å². The summed E-state index contributed by atoms with van der Waals surface area (Å²) in [6.45, 7) is 9.31. The Hall–Kier alpha value is -3.55. The van der Waals surface area contributed by atoms with Crippen molar-refractivity contribution in [2.75, 3.05) is 0 Å². The maximum Gasteiger partial charge on any atom is 0.365 e. The molecule has 0 aliphatic heterocycles. The molecule has 0 fully saturated rings. The van der Waals surface area contributed by atoms with Crippen LogP contribution in [0.25, 0.3) is 27.2 Å². The largest absolute Gasteiger partial charge is 0.365 e. The fourth-order valence-corrected chi connectivity index (χ4v) is 3.10. The van der Waals surface area contributed by atoms with Gasteiger partial charge in [0.2, 0.25) is 0 Å². The van der Waals surface area contributed by atoms with Gasteiger partial charge in [-0.15, -0.1) is 0 Å². The van der Waals surface area contributed by atoms with E-state index in [0.29, 0.717) is 11.3 Å². The third kappa shape index (κ3) is 8.31. The molecule has 1 aromatic heterocycles. The predicted octanol–water partition coefficient (Wildman–Crippen LogP) is 6.92. The molecular formula is C27H31ClN4O2Si. The van der Waals surface area contributed by atoms with Gasteiger partial charge in [-0.1, -0.05) is 94.3 Å². The van der Waals surface area contributed by atoms with E-state index >= 15 is 0 Å². The van der Waals surface area contributed by atoms with Crippen LogP contribution >= 0.6 is 11.6 Å². The minimum absolute atomic E-state index is 0. The number of hydrogen-bond donors (Lipinski definition) is 1. The second kappa shape index (κ2) is 12.2. The summed E-state index contributed by atoms with van der Waals surface area (Å²) in [6.07, 6.45) is 0. The molecule has 0 radical (unpaired) electrons. The zero-order valence-electron chi connectivity index (χ0n) is 19.6. The molecule has 35 heavy (non-hydrogen) atoms. The standard InChI is InChI=1S/C11H7ClO.C11H8N4O.C4H12Si.CH4/c12-11(13)10-6-5-8-3-1-2-4-9(8)7-10;16-11-12-13-14-15(11)10-6-5-8-3-1-2-4-9(8)7-10;1-5(2,3)4;/h1-7H;1-7H,(H,12,14,16);1-4H3;1H4. The van der Waals surface area contributed by atoms with Gasteiger partial charge in [-0.3, -0.25) is 4.79 Å². The molecule has 6 nitrogen and oxygen atoms in total. The SMILES string of the molecule is C.C[Si](C)(C)C.O=C(Cl)c1ccc2ccccc2c1.O=c1[nH]nnn1-c1ccc2ccccc2c1. The monoisotopic (exact) mass is 506 g/mol. The number of carbonyl (C=O) groups excluding carboxylic acids is 1. The molecular weight excluding hydrogens is 476 g/mol. The first kappa shape index (κ1) is 27.7. The van der Waals surface area contributed by atoms with Crippen molar-refractivity contribution < 1.29 is 4.79 Å². The number of benzene rings is 4. The van der Waals surface area contributed by atoms with Crippen LogP contribution in [0.15, 0.2) is 89.7 Å². The predicted molar refractivity (Wildman–Crippen MR) is 150 cm³/mol. The zero-order valence-corrected chi connectivity index (χ0v) is 21.4. The Morgan fingerprint density at radius 1 is 0.800 bits per heavy atom. The molecule has 0 aliphatic rings. The summed E-state index contributed by atoms with van der Waals surface area (Å²) in [4.78, 5) is 22.2. The van der Waals surface area contributed by atoms with E-state index in [0.717, 1.165) is 21.5 Å². The number of halogens is 1. The van der Waals surface area contributed by atoms with Crippen LogP contribution in [0.1, 0.15) is 17.8 Å². The fraction of sp³-hybridized carbons (Fsp3) is 0.185. The number of fused-ring (bicyclic) bond motifs is 2. The lowest BCUT2D eigenvalue weighted by atomic mass is 10.1. The topological polar surface area (TPSA) is 80.6 Å². The molecule has 0 unspecified atom stereocenters. The van der Waals surface area contributed by atoms with Crippen molar-refractivity contribution in [2.24, 2.45) is 0 Å². The molecule has 0 spiro atoms. The number of tetrazole rings is 1. The van der Waals surface area contributed by atoms with E-state index < -0.39 is 13.3 Å². The second-order valence-electron chi connectivity index (χ2n) is 9.29. The number of aromatic nitrogens is 4. The van der Waals surface area contributed by atoms with Crippen LogP contribution in [0.4, 0.5) is 0 Å². The number of nitrogens with zero attached hydrogens (tertiary/aromatic N) is 3. The van der Waals surface area contributed by atoms with Crippen LogP contribution in [0, 0.1) is 0 Å². The van der Waals surface area contributed by atoms with E-state index in [4.69, 9.17) is 11.6 Å². The first-order chi connectivity index (χ1) is 16.1. The molecule has 1 heterocycles. The van der Waals surface area contributed by atoms with Gasteiger partial charge in [0.25, 0.3) is 5.24 Å². The number of carbonyl (C=O) groups is 1. The van der Waals surface area contributed by atoms with Gasteiger partial charge in [0.1, 0.15) is 0 Å². The Morgan fingerprint density at radius 3 is 1.77 bits per heavy atom. The average Bonchev–Trinajstić information content (AvgIpc) is 3.23. The summed E-state index contributed by atoms with van der Waals surface area (Å²) in [6, 6.07) is 26.9. The molecule has 4 aromatic carbocycles.